The summed E-state index contributed by atoms with van der Waals surface area (Å²) in [5.74, 6) is -1.31. The molecule has 0 aliphatic carbocycles. The molecule has 2 amide bonds. The molecule has 2 aromatic rings. The summed E-state index contributed by atoms with van der Waals surface area (Å²) in [4.78, 5) is 27.8. The zero-order valence-corrected chi connectivity index (χ0v) is 19.2. The number of hydrogen-bond acceptors (Lipinski definition) is 4. The van der Waals surface area contributed by atoms with Gasteiger partial charge >= 0.3 is 0 Å². The first kappa shape index (κ1) is 23.9. The molecular weight excluding hydrogens is 433 g/mol. The number of amides is 2. The van der Waals surface area contributed by atoms with Crippen molar-refractivity contribution in [3.8, 4) is 0 Å². The Labute approximate surface area is 188 Å². The number of nitrogens with one attached hydrogen (secondary N) is 1. The number of nitrogens with zero attached hydrogens (tertiary/aromatic N) is 2. The van der Waals surface area contributed by atoms with Crippen LogP contribution in [-0.2, 0) is 19.6 Å². The predicted octanol–water partition coefficient (Wildman–Crippen LogP) is 2.78. The van der Waals surface area contributed by atoms with Crippen molar-refractivity contribution in [1.82, 2.24) is 9.62 Å². The first-order valence-corrected chi connectivity index (χ1v) is 11.9. The number of rotatable bonds is 7. The second kappa shape index (κ2) is 9.38. The van der Waals surface area contributed by atoms with E-state index < -0.39 is 39.7 Å². The average molecular weight is 462 g/mol. The Morgan fingerprint density at radius 3 is 2.47 bits per heavy atom. The summed E-state index contributed by atoms with van der Waals surface area (Å²) in [6.45, 7) is 5.20. The molecule has 1 saturated heterocycles. The summed E-state index contributed by atoms with van der Waals surface area (Å²) in [6.07, 6.45) is 0.724. The third-order valence-electron chi connectivity index (χ3n) is 5.48. The fourth-order valence-corrected chi connectivity index (χ4v) is 5.26. The molecule has 0 spiro atoms. The first-order valence-electron chi connectivity index (χ1n) is 10.5. The Bertz CT molecular complexity index is 1090. The molecule has 0 radical (unpaired) electrons. The van der Waals surface area contributed by atoms with Crippen LogP contribution in [0.2, 0.25) is 0 Å². The molecule has 2 aromatic carbocycles. The van der Waals surface area contributed by atoms with Crippen molar-refractivity contribution < 1.29 is 22.4 Å². The van der Waals surface area contributed by atoms with Gasteiger partial charge in [-0.25, -0.2) is 12.8 Å². The van der Waals surface area contributed by atoms with Crippen LogP contribution in [0.3, 0.4) is 0 Å². The van der Waals surface area contributed by atoms with Crippen molar-refractivity contribution in [1.29, 1.82) is 0 Å². The lowest BCUT2D eigenvalue weighted by molar-refractivity contribution is -0.132. The minimum atomic E-state index is -4.02. The number of benzene rings is 2. The van der Waals surface area contributed by atoms with E-state index in [2.05, 4.69) is 5.32 Å². The number of carbonyl (C=O) groups excluding carboxylic acids is 2. The molecule has 3 rings (SSSR count). The first-order chi connectivity index (χ1) is 15.1. The van der Waals surface area contributed by atoms with Crippen molar-refractivity contribution in [2.24, 2.45) is 5.92 Å². The largest absolute Gasteiger partial charge is 0.354 e. The van der Waals surface area contributed by atoms with Crippen LogP contribution in [-0.4, -0.2) is 49.7 Å². The summed E-state index contributed by atoms with van der Waals surface area (Å²) >= 11 is 0. The lowest BCUT2D eigenvalue weighted by Gasteiger charge is -2.46. The zero-order valence-electron chi connectivity index (χ0n) is 18.4. The average Bonchev–Trinajstić information content (AvgIpc) is 2.73. The molecule has 172 valence electrons. The van der Waals surface area contributed by atoms with Gasteiger partial charge < -0.3 is 5.32 Å². The Kier molecular flexibility index (Phi) is 7.00. The normalized spacial score (nSPS) is 19.9. The van der Waals surface area contributed by atoms with E-state index in [0.717, 1.165) is 10.7 Å². The Hall–Kier alpha value is -2.78. The van der Waals surface area contributed by atoms with Gasteiger partial charge in [0.2, 0.25) is 21.8 Å². The van der Waals surface area contributed by atoms with E-state index in [0.29, 0.717) is 12.5 Å². The van der Waals surface area contributed by atoms with E-state index in [-0.39, 0.29) is 17.1 Å². The van der Waals surface area contributed by atoms with Gasteiger partial charge in [0.25, 0.3) is 0 Å². The highest BCUT2D eigenvalue weighted by Gasteiger charge is 2.51. The molecule has 0 aromatic heterocycles. The maximum Gasteiger partial charge on any atom is 0.247 e. The van der Waals surface area contributed by atoms with Crippen LogP contribution in [0.5, 0.6) is 0 Å². The Balaban J connectivity index is 2.01. The summed E-state index contributed by atoms with van der Waals surface area (Å²) < 4.78 is 41.4. The number of piperazine rings is 1. The maximum atomic E-state index is 13.9. The summed E-state index contributed by atoms with van der Waals surface area (Å²) in [5.41, 5.74) is -1.37. The molecule has 1 atom stereocenters. The van der Waals surface area contributed by atoms with Crippen LogP contribution < -0.4 is 10.2 Å². The molecule has 7 nitrogen and oxygen atoms in total. The van der Waals surface area contributed by atoms with Crippen LogP contribution in [0.15, 0.2) is 59.5 Å². The second-order valence-electron chi connectivity index (χ2n) is 8.51. The van der Waals surface area contributed by atoms with E-state index in [1.54, 1.807) is 18.2 Å². The topological polar surface area (TPSA) is 86.8 Å². The van der Waals surface area contributed by atoms with Gasteiger partial charge in [0.15, 0.2) is 0 Å². The lowest BCUT2D eigenvalue weighted by Crippen LogP contribution is -2.70. The minimum absolute atomic E-state index is 0.0366. The molecule has 32 heavy (non-hydrogen) atoms. The van der Waals surface area contributed by atoms with Gasteiger partial charge in [-0.1, -0.05) is 38.1 Å². The van der Waals surface area contributed by atoms with Gasteiger partial charge in [-0.3, -0.25) is 14.5 Å². The molecular formula is C23H28FN3O4S. The molecule has 1 N–H and O–H groups in total. The molecule has 1 aliphatic rings. The van der Waals surface area contributed by atoms with E-state index in [1.165, 1.54) is 48.2 Å². The van der Waals surface area contributed by atoms with Gasteiger partial charge in [0.1, 0.15) is 11.4 Å². The zero-order chi connectivity index (χ0) is 23.5. The van der Waals surface area contributed by atoms with Crippen LogP contribution in [0.25, 0.3) is 0 Å². The van der Waals surface area contributed by atoms with Crippen molar-refractivity contribution >= 4 is 27.5 Å². The van der Waals surface area contributed by atoms with Gasteiger partial charge in [-0.05, 0) is 49.6 Å². The number of halogens is 1. The van der Waals surface area contributed by atoms with E-state index in [4.69, 9.17) is 0 Å². The Morgan fingerprint density at radius 1 is 1.16 bits per heavy atom. The summed E-state index contributed by atoms with van der Waals surface area (Å²) in [6, 6.07) is 13.1. The second-order valence-corrected chi connectivity index (χ2v) is 10.4. The van der Waals surface area contributed by atoms with Crippen LogP contribution in [0.1, 0.15) is 27.2 Å². The molecule has 0 bridgehead atoms. The van der Waals surface area contributed by atoms with Crippen molar-refractivity contribution in [3.63, 3.8) is 0 Å². The SMILES string of the molecule is CC(C)CCNC(=O)[C@@]1(C)CN(S(=O)(=O)c2ccccc2)CC(=O)N1c1cccc(F)c1. The van der Waals surface area contributed by atoms with Gasteiger partial charge in [0.05, 0.1) is 11.4 Å². The van der Waals surface area contributed by atoms with E-state index >= 15 is 0 Å². The fourth-order valence-electron chi connectivity index (χ4n) is 3.76. The predicted molar refractivity (Wildman–Crippen MR) is 120 cm³/mol. The van der Waals surface area contributed by atoms with Crippen molar-refractivity contribution in [3.05, 3.63) is 60.4 Å². The number of hydrogen-bond donors (Lipinski definition) is 1. The minimum Gasteiger partial charge on any atom is -0.354 e. The van der Waals surface area contributed by atoms with E-state index in [9.17, 15) is 22.4 Å². The van der Waals surface area contributed by atoms with Gasteiger partial charge in [-0.2, -0.15) is 4.31 Å². The maximum absolute atomic E-state index is 13.9. The fraction of sp³-hybridized carbons (Fsp3) is 0.391. The van der Waals surface area contributed by atoms with Crippen LogP contribution in [0, 0.1) is 11.7 Å². The van der Waals surface area contributed by atoms with Crippen LogP contribution in [0.4, 0.5) is 10.1 Å². The molecule has 9 heteroatoms. The standard InChI is InChI=1S/C23H28FN3O4S/c1-17(2)12-13-25-22(29)23(3)16-26(32(30,31)20-10-5-4-6-11-20)15-21(28)27(23)19-9-7-8-18(24)14-19/h4-11,14,17H,12-13,15-16H2,1-3H3,(H,25,29)/t23-/m1/s1. The highest BCUT2D eigenvalue weighted by Crippen LogP contribution is 2.32. The Morgan fingerprint density at radius 2 is 1.84 bits per heavy atom. The third kappa shape index (κ3) is 4.83. The number of sulfonamides is 1. The van der Waals surface area contributed by atoms with Crippen molar-refractivity contribution in [2.75, 3.05) is 24.5 Å². The van der Waals surface area contributed by atoms with Crippen molar-refractivity contribution in [2.45, 2.75) is 37.6 Å². The number of anilines is 1. The molecule has 0 unspecified atom stereocenters. The van der Waals surface area contributed by atoms with Gasteiger partial charge in [-0.15, -0.1) is 0 Å². The molecule has 0 saturated carbocycles. The van der Waals surface area contributed by atoms with Gasteiger partial charge in [0, 0.05) is 18.8 Å². The highest BCUT2D eigenvalue weighted by molar-refractivity contribution is 7.89. The molecule has 1 heterocycles. The van der Waals surface area contributed by atoms with Crippen LogP contribution >= 0.6 is 0 Å². The molecule has 1 aliphatic heterocycles. The molecule has 1 fully saturated rings. The monoisotopic (exact) mass is 461 g/mol. The third-order valence-corrected chi connectivity index (χ3v) is 7.29. The highest BCUT2D eigenvalue weighted by atomic mass is 32.2. The lowest BCUT2D eigenvalue weighted by atomic mass is 9.94. The summed E-state index contributed by atoms with van der Waals surface area (Å²) in [7, 11) is -4.02. The summed E-state index contributed by atoms with van der Waals surface area (Å²) in [5, 5.41) is 2.82. The smallest absolute Gasteiger partial charge is 0.247 e. The number of carbonyl (C=O) groups is 2. The quantitative estimate of drug-likeness (QED) is 0.687. The van der Waals surface area contributed by atoms with E-state index in [1.807, 2.05) is 13.8 Å².